The Morgan fingerprint density at radius 2 is 1.81 bits per heavy atom. The van der Waals surface area contributed by atoms with Crippen molar-refractivity contribution in [3.63, 3.8) is 0 Å². The van der Waals surface area contributed by atoms with Crippen molar-refractivity contribution in [3.05, 3.63) is 89.7 Å². The van der Waals surface area contributed by atoms with Crippen molar-refractivity contribution < 1.29 is 14.3 Å². The third kappa shape index (κ3) is 3.37. The fourth-order valence-corrected chi connectivity index (χ4v) is 3.00. The van der Waals surface area contributed by atoms with E-state index in [0.717, 1.165) is 11.3 Å². The Morgan fingerprint density at radius 3 is 2.62 bits per heavy atom. The van der Waals surface area contributed by atoms with E-state index in [9.17, 15) is 4.79 Å². The smallest absolute Gasteiger partial charge is 0.251 e. The zero-order valence-corrected chi connectivity index (χ0v) is 14.1. The van der Waals surface area contributed by atoms with Gasteiger partial charge in [0, 0.05) is 29.9 Å². The summed E-state index contributed by atoms with van der Waals surface area (Å²) in [7, 11) is 0. The number of rotatable bonds is 5. The fraction of sp³-hybridized carbons (Fsp3) is 0.143. The van der Waals surface area contributed by atoms with Crippen LogP contribution in [0.3, 0.4) is 0 Å². The van der Waals surface area contributed by atoms with Gasteiger partial charge >= 0.3 is 0 Å². The number of carbonyl (C=O) groups is 1. The molecule has 1 unspecified atom stereocenters. The minimum atomic E-state index is -0.153. The van der Waals surface area contributed by atoms with Crippen molar-refractivity contribution in [1.82, 2.24) is 10.3 Å². The van der Waals surface area contributed by atoms with Gasteiger partial charge in [0.15, 0.2) is 11.5 Å². The van der Waals surface area contributed by atoms with Crippen molar-refractivity contribution >= 4 is 5.91 Å². The van der Waals surface area contributed by atoms with Crippen LogP contribution in [0.15, 0.2) is 72.9 Å². The van der Waals surface area contributed by atoms with E-state index in [-0.39, 0.29) is 18.6 Å². The molecule has 0 spiro atoms. The van der Waals surface area contributed by atoms with E-state index >= 15 is 0 Å². The Morgan fingerprint density at radius 1 is 1.00 bits per heavy atom. The Labute approximate surface area is 151 Å². The topological polar surface area (TPSA) is 60.5 Å². The molecule has 1 atom stereocenters. The summed E-state index contributed by atoms with van der Waals surface area (Å²) in [6.07, 6.45) is 1.77. The van der Waals surface area contributed by atoms with E-state index in [0.29, 0.717) is 23.6 Å². The number of pyridine rings is 1. The number of carbonyl (C=O) groups excluding carboxylic acids is 1. The summed E-state index contributed by atoms with van der Waals surface area (Å²) in [6.45, 7) is 0.643. The molecule has 1 aliphatic rings. The molecule has 26 heavy (non-hydrogen) atoms. The standard InChI is InChI=1S/C21H18N2O3/c24-21(16-9-10-19-20(12-16)26-14-25-19)23-13-17(15-6-2-1-3-7-15)18-8-4-5-11-22-18/h1-12,17H,13-14H2,(H,23,24). The normalized spacial score (nSPS) is 13.2. The van der Waals surface area contributed by atoms with Crippen LogP contribution in [-0.2, 0) is 0 Å². The van der Waals surface area contributed by atoms with E-state index in [1.807, 2.05) is 48.5 Å². The number of hydrogen-bond donors (Lipinski definition) is 1. The molecule has 4 rings (SSSR count). The summed E-state index contributed by atoms with van der Waals surface area (Å²) < 4.78 is 10.6. The summed E-state index contributed by atoms with van der Waals surface area (Å²) in [5.74, 6) is 1.09. The van der Waals surface area contributed by atoms with E-state index in [2.05, 4.69) is 10.3 Å². The predicted molar refractivity (Wildman–Crippen MR) is 97.4 cm³/mol. The Hall–Kier alpha value is -3.34. The largest absolute Gasteiger partial charge is 0.454 e. The molecule has 0 radical (unpaired) electrons. The average Bonchev–Trinajstić information content (AvgIpc) is 3.17. The molecule has 2 aromatic carbocycles. The number of aromatic nitrogens is 1. The molecule has 0 saturated heterocycles. The van der Waals surface area contributed by atoms with Crippen LogP contribution in [0.4, 0.5) is 0 Å². The summed E-state index contributed by atoms with van der Waals surface area (Å²) in [4.78, 5) is 17.0. The highest BCUT2D eigenvalue weighted by Gasteiger charge is 2.19. The van der Waals surface area contributed by atoms with Gasteiger partial charge in [-0.1, -0.05) is 36.4 Å². The summed E-state index contributed by atoms with van der Waals surface area (Å²) in [6, 6.07) is 21.1. The molecule has 5 nitrogen and oxygen atoms in total. The first-order valence-corrected chi connectivity index (χ1v) is 8.45. The maximum absolute atomic E-state index is 12.6. The van der Waals surface area contributed by atoms with Gasteiger partial charge in [0.05, 0.1) is 0 Å². The zero-order valence-electron chi connectivity index (χ0n) is 14.1. The average molecular weight is 346 g/mol. The van der Waals surface area contributed by atoms with E-state index in [1.165, 1.54) is 0 Å². The minimum Gasteiger partial charge on any atom is -0.454 e. The van der Waals surface area contributed by atoms with Crippen molar-refractivity contribution in [1.29, 1.82) is 0 Å². The van der Waals surface area contributed by atoms with Gasteiger partial charge in [-0.3, -0.25) is 9.78 Å². The summed E-state index contributed by atoms with van der Waals surface area (Å²) in [5.41, 5.74) is 2.57. The lowest BCUT2D eigenvalue weighted by Gasteiger charge is -2.18. The highest BCUT2D eigenvalue weighted by atomic mass is 16.7. The van der Waals surface area contributed by atoms with Crippen LogP contribution in [0.5, 0.6) is 11.5 Å². The summed E-state index contributed by atoms with van der Waals surface area (Å²) >= 11 is 0. The highest BCUT2D eigenvalue weighted by Crippen LogP contribution is 2.32. The van der Waals surface area contributed by atoms with Gasteiger partial charge < -0.3 is 14.8 Å². The van der Waals surface area contributed by atoms with Crippen molar-refractivity contribution in [2.45, 2.75) is 5.92 Å². The second kappa shape index (κ2) is 7.27. The van der Waals surface area contributed by atoms with Crippen LogP contribution < -0.4 is 14.8 Å². The number of hydrogen-bond acceptors (Lipinski definition) is 4. The van der Waals surface area contributed by atoms with Gasteiger partial charge in [0.25, 0.3) is 5.91 Å². The van der Waals surface area contributed by atoms with Gasteiger partial charge in [0.2, 0.25) is 6.79 Å². The lowest BCUT2D eigenvalue weighted by atomic mass is 9.95. The molecular weight excluding hydrogens is 328 g/mol. The molecule has 0 fully saturated rings. The van der Waals surface area contributed by atoms with E-state index < -0.39 is 0 Å². The molecule has 0 saturated carbocycles. The van der Waals surface area contributed by atoms with Crippen LogP contribution in [0.2, 0.25) is 0 Å². The fourth-order valence-electron chi connectivity index (χ4n) is 3.00. The van der Waals surface area contributed by atoms with Gasteiger partial charge in [0.1, 0.15) is 0 Å². The van der Waals surface area contributed by atoms with Crippen LogP contribution in [-0.4, -0.2) is 24.2 Å². The number of ether oxygens (including phenoxy) is 2. The molecule has 2 heterocycles. The maximum atomic E-state index is 12.6. The number of benzene rings is 2. The van der Waals surface area contributed by atoms with Crippen LogP contribution in [0, 0.1) is 0 Å². The SMILES string of the molecule is O=C(NCC(c1ccccc1)c1ccccn1)c1ccc2c(c1)OCO2. The Kier molecular flexibility index (Phi) is 4.51. The monoisotopic (exact) mass is 346 g/mol. The van der Waals surface area contributed by atoms with Crippen molar-refractivity contribution in [3.8, 4) is 11.5 Å². The van der Waals surface area contributed by atoms with E-state index in [4.69, 9.17) is 9.47 Å². The second-order valence-corrected chi connectivity index (χ2v) is 6.00. The van der Waals surface area contributed by atoms with Crippen LogP contribution in [0.25, 0.3) is 0 Å². The predicted octanol–water partition coefficient (Wildman–Crippen LogP) is 3.37. The molecule has 1 aliphatic heterocycles. The molecular formula is C21H18N2O3. The lowest BCUT2D eigenvalue weighted by Crippen LogP contribution is -2.29. The van der Waals surface area contributed by atoms with Gasteiger partial charge in [-0.25, -0.2) is 0 Å². The number of nitrogens with one attached hydrogen (secondary N) is 1. The number of fused-ring (bicyclic) bond motifs is 1. The van der Waals surface area contributed by atoms with Gasteiger partial charge in [-0.2, -0.15) is 0 Å². The Bertz CT molecular complexity index is 858. The maximum Gasteiger partial charge on any atom is 0.251 e. The molecule has 5 heteroatoms. The first kappa shape index (κ1) is 16.1. The molecule has 1 amide bonds. The summed E-state index contributed by atoms with van der Waals surface area (Å²) in [5, 5.41) is 3.01. The first-order chi connectivity index (χ1) is 12.8. The first-order valence-electron chi connectivity index (χ1n) is 8.45. The van der Waals surface area contributed by atoms with Crippen molar-refractivity contribution in [2.24, 2.45) is 0 Å². The molecule has 3 aromatic rings. The number of nitrogens with zero attached hydrogens (tertiary/aromatic N) is 1. The van der Waals surface area contributed by atoms with Gasteiger partial charge in [-0.05, 0) is 35.9 Å². The third-order valence-electron chi connectivity index (χ3n) is 4.35. The van der Waals surface area contributed by atoms with Crippen LogP contribution in [0.1, 0.15) is 27.5 Å². The zero-order chi connectivity index (χ0) is 17.8. The number of amides is 1. The lowest BCUT2D eigenvalue weighted by molar-refractivity contribution is 0.0952. The quantitative estimate of drug-likeness (QED) is 0.769. The van der Waals surface area contributed by atoms with Crippen molar-refractivity contribution in [2.75, 3.05) is 13.3 Å². The molecule has 130 valence electrons. The highest BCUT2D eigenvalue weighted by molar-refractivity contribution is 5.95. The molecule has 1 aromatic heterocycles. The molecule has 1 N–H and O–H groups in total. The van der Waals surface area contributed by atoms with E-state index in [1.54, 1.807) is 24.4 Å². The third-order valence-corrected chi connectivity index (χ3v) is 4.35. The molecule has 0 aliphatic carbocycles. The van der Waals surface area contributed by atoms with Crippen LogP contribution >= 0.6 is 0 Å². The second-order valence-electron chi connectivity index (χ2n) is 6.00. The minimum absolute atomic E-state index is 0.0182. The molecule has 0 bridgehead atoms. The Balaban J connectivity index is 1.52. The van der Waals surface area contributed by atoms with Gasteiger partial charge in [-0.15, -0.1) is 0 Å².